The van der Waals surface area contributed by atoms with Crippen molar-refractivity contribution in [2.45, 2.75) is 6.61 Å². The van der Waals surface area contributed by atoms with Gasteiger partial charge in [0, 0.05) is 0 Å². The molecule has 0 spiro atoms. The van der Waals surface area contributed by atoms with E-state index in [-0.39, 0.29) is 16.7 Å². The maximum Gasteiger partial charge on any atom is 0.194 e. The van der Waals surface area contributed by atoms with E-state index < -0.39 is 41.5 Å². The molecule has 6 aromatic carbocycles. The first-order valence-corrected chi connectivity index (χ1v) is 12.2. The smallest absolute Gasteiger partial charge is 0.194 e. The molecule has 6 aromatic rings. The van der Waals surface area contributed by atoms with E-state index in [1.165, 1.54) is 0 Å². The van der Waals surface area contributed by atoms with Crippen molar-refractivity contribution in [3.63, 3.8) is 0 Å². The Morgan fingerprint density at radius 2 is 0.950 bits per heavy atom. The van der Waals surface area contributed by atoms with E-state index in [4.69, 9.17) is 0 Å². The van der Waals surface area contributed by atoms with Crippen molar-refractivity contribution in [3.8, 4) is 33.4 Å². The molecule has 0 aromatic heterocycles. The van der Waals surface area contributed by atoms with E-state index in [1.807, 2.05) is 12.1 Å². The van der Waals surface area contributed by atoms with Crippen molar-refractivity contribution in [1.82, 2.24) is 0 Å². The minimum Gasteiger partial charge on any atom is -0.392 e. The average Bonchev–Trinajstić information content (AvgIpc) is 2.96. The number of benzene rings is 6. The number of aliphatic hydroxyl groups is 1. The molecule has 0 saturated carbocycles. The van der Waals surface area contributed by atoms with Crippen LogP contribution in [0.15, 0.2) is 91.0 Å². The quantitative estimate of drug-likeness (QED) is 0.173. The van der Waals surface area contributed by atoms with Crippen LogP contribution in [0.1, 0.15) is 5.56 Å². The van der Waals surface area contributed by atoms with E-state index in [0.717, 1.165) is 29.7 Å². The molecule has 0 aliphatic carbocycles. The minimum absolute atomic E-state index is 0.0237. The number of aliphatic hydroxyl groups excluding tert-OH is 1. The Kier molecular flexibility index (Phi) is 6.31. The second kappa shape index (κ2) is 9.84. The van der Waals surface area contributed by atoms with E-state index >= 15 is 0 Å². The molecule has 0 radical (unpaired) electrons. The highest BCUT2D eigenvalue weighted by Gasteiger charge is 2.21. The predicted octanol–water partition coefficient (Wildman–Crippen LogP) is 9.32. The van der Waals surface area contributed by atoms with Gasteiger partial charge in [-0.1, -0.05) is 48.5 Å². The summed E-state index contributed by atoms with van der Waals surface area (Å²) in [5.41, 5.74) is 2.16. The van der Waals surface area contributed by atoms with Crippen molar-refractivity contribution in [2.75, 3.05) is 0 Å². The van der Waals surface area contributed by atoms with Crippen molar-refractivity contribution >= 4 is 21.5 Å². The molecule has 1 N–H and O–H groups in total. The van der Waals surface area contributed by atoms with Crippen LogP contribution in [0, 0.1) is 34.9 Å². The van der Waals surface area contributed by atoms with E-state index in [1.54, 1.807) is 54.6 Å². The van der Waals surface area contributed by atoms with Gasteiger partial charge in [0.15, 0.2) is 34.9 Å². The SMILES string of the molecule is OCc1c(-c2cc(F)c(F)c(F)c2)cc2ccccc2c1-c1cc(-c2cc(F)c(F)c(F)c2)cc2ccccc12. The third-order valence-electron chi connectivity index (χ3n) is 7.06. The minimum atomic E-state index is -1.60. The molecule has 0 bridgehead atoms. The second-order valence-corrected chi connectivity index (χ2v) is 9.41. The van der Waals surface area contributed by atoms with Crippen LogP contribution in [0.4, 0.5) is 26.3 Å². The Bertz CT molecular complexity index is 1920. The third kappa shape index (κ3) is 4.19. The first-order valence-electron chi connectivity index (χ1n) is 12.2. The number of hydrogen-bond donors (Lipinski definition) is 1. The van der Waals surface area contributed by atoms with Crippen LogP contribution in [0.5, 0.6) is 0 Å². The Hall–Kier alpha value is -4.62. The summed E-state index contributed by atoms with van der Waals surface area (Å²) >= 11 is 0. The molecule has 0 heterocycles. The lowest BCUT2D eigenvalue weighted by atomic mass is 9.84. The lowest BCUT2D eigenvalue weighted by molar-refractivity contribution is 0.283. The first-order chi connectivity index (χ1) is 19.3. The molecular weight excluding hydrogens is 526 g/mol. The fourth-order valence-corrected chi connectivity index (χ4v) is 5.24. The molecule has 1 nitrogen and oxygen atoms in total. The number of hydrogen-bond acceptors (Lipinski definition) is 1. The van der Waals surface area contributed by atoms with Crippen molar-refractivity contribution in [3.05, 3.63) is 131 Å². The van der Waals surface area contributed by atoms with E-state index in [2.05, 4.69) is 0 Å². The van der Waals surface area contributed by atoms with Crippen LogP contribution in [0.2, 0.25) is 0 Å². The van der Waals surface area contributed by atoms with E-state index in [9.17, 15) is 31.4 Å². The van der Waals surface area contributed by atoms with Gasteiger partial charge in [0.2, 0.25) is 0 Å². The molecule has 7 heteroatoms. The average molecular weight is 544 g/mol. The van der Waals surface area contributed by atoms with Gasteiger partial charge in [0.05, 0.1) is 6.61 Å². The summed E-state index contributed by atoms with van der Waals surface area (Å²) in [6.07, 6.45) is 0. The van der Waals surface area contributed by atoms with Crippen LogP contribution in [-0.2, 0) is 6.61 Å². The van der Waals surface area contributed by atoms with Gasteiger partial charge in [-0.05, 0) is 103 Å². The Morgan fingerprint density at radius 3 is 1.52 bits per heavy atom. The molecule has 0 saturated heterocycles. The second-order valence-electron chi connectivity index (χ2n) is 9.41. The summed E-state index contributed by atoms with van der Waals surface area (Å²) in [6.45, 7) is -0.547. The van der Waals surface area contributed by atoms with Crippen molar-refractivity contribution < 1.29 is 31.4 Å². The zero-order chi connectivity index (χ0) is 28.1. The summed E-state index contributed by atoms with van der Waals surface area (Å²) in [5, 5.41) is 13.4. The number of fused-ring (bicyclic) bond motifs is 2. The van der Waals surface area contributed by atoms with E-state index in [0.29, 0.717) is 38.4 Å². The predicted molar refractivity (Wildman–Crippen MR) is 143 cm³/mol. The van der Waals surface area contributed by atoms with Gasteiger partial charge in [-0.2, -0.15) is 0 Å². The summed E-state index contributed by atoms with van der Waals surface area (Å²) in [6, 6.07) is 23.0. The molecule has 0 aliphatic rings. The van der Waals surface area contributed by atoms with Crippen LogP contribution in [0.25, 0.3) is 54.9 Å². The monoisotopic (exact) mass is 544 g/mol. The van der Waals surface area contributed by atoms with Gasteiger partial charge in [-0.15, -0.1) is 0 Å². The molecule has 0 unspecified atom stereocenters. The summed E-state index contributed by atoms with van der Waals surface area (Å²) in [4.78, 5) is 0. The maximum absolute atomic E-state index is 14.3. The normalized spacial score (nSPS) is 11.5. The topological polar surface area (TPSA) is 20.2 Å². The highest BCUT2D eigenvalue weighted by atomic mass is 19.2. The summed E-state index contributed by atoms with van der Waals surface area (Å²) in [5.74, 6) is -8.61. The zero-order valence-corrected chi connectivity index (χ0v) is 20.6. The Labute approximate surface area is 224 Å². The first kappa shape index (κ1) is 25.6. The fraction of sp³-hybridized carbons (Fsp3) is 0.0303. The van der Waals surface area contributed by atoms with Gasteiger partial charge in [0.1, 0.15) is 0 Å². The molecule has 0 fully saturated rings. The molecule has 0 aliphatic heterocycles. The standard InChI is InChI=1S/C33H18F6O/c34-27-12-20(13-28(35)32(27)38)19-9-17-5-1-3-7-22(17)25(11-19)31-23-8-4-2-6-18(23)10-24(26(31)16-40)21-14-29(36)33(39)30(37)15-21/h1-15,40H,16H2. The number of rotatable bonds is 4. The highest BCUT2D eigenvalue weighted by Crippen LogP contribution is 2.43. The lowest BCUT2D eigenvalue weighted by Crippen LogP contribution is -1.99. The largest absolute Gasteiger partial charge is 0.392 e. The van der Waals surface area contributed by atoms with Gasteiger partial charge >= 0.3 is 0 Å². The molecular formula is C33H18F6O. The van der Waals surface area contributed by atoms with Gasteiger partial charge in [-0.3, -0.25) is 0 Å². The summed E-state index contributed by atoms with van der Waals surface area (Å²) < 4.78 is 84.4. The Morgan fingerprint density at radius 1 is 0.475 bits per heavy atom. The number of halogens is 6. The Balaban J connectivity index is 1.74. The zero-order valence-electron chi connectivity index (χ0n) is 20.6. The molecule has 6 rings (SSSR count). The van der Waals surface area contributed by atoms with Crippen molar-refractivity contribution in [2.24, 2.45) is 0 Å². The van der Waals surface area contributed by atoms with Gasteiger partial charge in [0.25, 0.3) is 0 Å². The third-order valence-corrected chi connectivity index (χ3v) is 7.06. The van der Waals surface area contributed by atoms with Gasteiger partial charge in [-0.25, -0.2) is 26.3 Å². The maximum atomic E-state index is 14.3. The molecule has 0 amide bonds. The molecule has 0 atom stereocenters. The highest BCUT2D eigenvalue weighted by molar-refractivity contribution is 6.10. The van der Waals surface area contributed by atoms with Crippen LogP contribution < -0.4 is 0 Å². The van der Waals surface area contributed by atoms with Crippen molar-refractivity contribution in [1.29, 1.82) is 0 Å². The molecule has 198 valence electrons. The van der Waals surface area contributed by atoms with Gasteiger partial charge < -0.3 is 5.11 Å². The fourth-order valence-electron chi connectivity index (χ4n) is 5.24. The molecule has 40 heavy (non-hydrogen) atoms. The summed E-state index contributed by atoms with van der Waals surface area (Å²) in [7, 11) is 0. The lowest BCUT2D eigenvalue weighted by Gasteiger charge is -2.20. The van der Waals surface area contributed by atoms with Crippen LogP contribution in [0.3, 0.4) is 0 Å². The van der Waals surface area contributed by atoms with Crippen LogP contribution in [-0.4, -0.2) is 5.11 Å². The van der Waals surface area contributed by atoms with Crippen LogP contribution >= 0.6 is 0 Å².